The zero-order chi connectivity index (χ0) is 17.1. The highest BCUT2D eigenvalue weighted by atomic mass is 16.6. The number of ether oxygens (including phenoxy) is 2. The van der Waals surface area contributed by atoms with Crippen molar-refractivity contribution in [1.82, 2.24) is 10.4 Å². The number of anilines is 1. The first-order chi connectivity index (χ1) is 11.7. The fourth-order valence-corrected chi connectivity index (χ4v) is 3.24. The predicted molar refractivity (Wildman–Crippen MR) is 88.5 cm³/mol. The summed E-state index contributed by atoms with van der Waals surface area (Å²) in [7, 11) is 0. The summed E-state index contributed by atoms with van der Waals surface area (Å²) >= 11 is 0. The van der Waals surface area contributed by atoms with Crippen molar-refractivity contribution in [2.24, 2.45) is 0 Å². The van der Waals surface area contributed by atoms with E-state index in [2.05, 4.69) is 10.7 Å². The quantitative estimate of drug-likeness (QED) is 0.657. The average Bonchev–Trinajstić information content (AvgIpc) is 3.12. The number of hydrogen-bond donors (Lipinski definition) is 2. The van der Waals surface area contributed by atoms with Crippen LogP contribution in [0.2, 0.25) is 0 Å². The number of nitrogens with zero attached hydrogens (tertiary/aromatic N) is 1. The molecule has 3 rings (SSSR count). The molecule has 1 aliphatic carbocycles. The van der Waals surface area contributed by atoms with Crippen LogP contribution in [0.3, 0.4) is 0 Å². The molecule has 1 heterocycles. The Balaban J connectivity index is 1.86. The number of nitrogens with one attached hydrogen (secondary N) is 2. The Labute approximate surface area is 140 Å². The van der Waals surface area contributed by atoms with E-state index in [9.17, 15) is 9.59 Å². The largest absolute Gasteiger partial charge is 0.449 e. The highest BCUT2D eigenvalue weighted by Gasteiger charge is 2.44. The van der Waals surface area contributed by atoms with Crippen molar-refractivity contribution >= 4 is 17.9 Å². The van der Waals surface area contributed by atoms with E-state index in [1.165, 1.54) is 5.01 Å². The van der Waals surface area contributed by atoms with Crippen LogP contribution in [0.1, 0.15) is 25.3 Å². The van der Waals surface area contributed by atoms with Crippen LogP contribution in [0.25, 0.3) is 0 Å². The zero-order valence-corrected chi connectivity index (χ0v) is 13.7. The summed E-state index contributed by atoms with van der Waals surface area (Å²) in [6, 6.07) is 7.69. The molecule has 0 spiro atoms. The third kappa shape index (κ3) is 2.89. The molecule has 7 heteroatoms. The number of benzene rings is 1. The lowest BCUT2D eigenvalue weighted by atomic mass is 9.93. The van der Waals surface area contributed by atoms with Crippen LogP contribution >= 0.6 is 0 Å². The Morgan fingerprint density at radius 3 is 2.67 bits per heavy atom. The summed E-state index contributed by atoms with van der Waals surface area (Å²) in [4.78, 5) is 24.2. The summed E-state index contributed by atoms with van der Waals surface area (Å²) in [6.07, 6.45) is 2.63. The molecule has 2 aliphatic rings. The molecule has 0 aromatic heterocycles. The summed E-state index contributed by atoms with van der Waals surface area (Å²) < 4.78 is 10.00. The van der Waals surface area contributed by atoms with Crippen LogP contribution in [-0.4, -0.2) is 42.5 Å². The van der Waals surface area contributed by atoms with Crippen molar-refractivity contribution in [1.29, 1.82) is 0 Å². The van der Waals surface area contributed by atoms with Gasteiger partial charge in [-0.1, -0.05) is 30.4 Å². The molecule has 1 aromatic carbocycles. The van der Waals surface area contributed by atoms with Crippen molar-refractivity contribution in [3.8, 4) is 0 Å². The van der Waals surface area contributed by atoms with Gasteiger partial charge in [0.1, 0.15) is 0 Å². The van der Waals surface area contributed by atoms with Crippen LogP contribution in [0.5, 0.6) is 0 Å². The summed E-state index contributed by atoms with van der Waals surface area (Å²) in [5, 5.41) is 4.64. The van der Waals surface area contributed by atoms with E-state index >= 15 is 0 Å². The van der Waals surface area contributed by atoms with Crippen molar-refractivity contribution in [2.75, 3.05) is 18.5 Å². The van der Waals surface area contributed by atoms with Crippen LogP contribution < -0.4 is 10.7 Å². The Morgan fingerprint density at radius 1 is 1.17 bits per heavy atom. The monoisotopic (exact) mass is 331 g/mol. The third-order valence-corrected chi connectivity index (χ3v) is 4.16. The van der Waals surface area contributed by atoms with Crippen molar-refractivity contribution in [2.45, 2.75) is 31.8 Å². The van der Waals surface area contributed by atoms with Gasteiger partial charge in [-0.05, 0) is 25.5 Å². The maximum atomic E-state index is 12.3. The molecule has 24 heavy (non-hydrogen) atoms. The molecule has 1 aliphatic heterocycles. The summed E-state index contributed by atoms with van der Waals surface area (Å²) in [5.41, 5.74) is 4.66. The molecule has 0 unspecified atom stereocenters. The minimum absolute atomic E-state index is 0.00697. The van der Waals surface area contributed by atoms with Gasteiger partial charge >= 0.3 is 12.2 Å². The van der Waals surface area contributed by atoms with Crippen LogP contribution in [-0.2, 0) is 9.47 Å². The minimum atomic E-state index is -0.679. The van der Waals surface area contributed by atoms with Gasteiger partial charge in [0.05, 0.1) is 25.3 Å². The third-order valence-electron chi connectivity index (χ3n) is 4.16. The molecular formula is C17H21N3O4. The normalized spacial score (nSPS) is 23.0. The Kier molecular flexibility index (Phi) is 4.59. The van der Waals surface area contributed by atoms with Gasteiger partial charge in [-0.15, -0.1) is 0 Å². The van der Waals surface area contributed by atoms with Gasteiger partial charge < -0.3 is 14.8 Å². The highest BCUT2D eigenvalue weighted by molar-refractivity contribution is 5.75. The van der Waals surface area contributed by atoms with E-state index in [4.69, 9.17) is 9.47 Å². The second-order valence-corrected chi connectivity index (χ2v) is 5.56. The maximum Gasteiger partial charge on any atom is 0.429 e. The second-order valence-electron chi connectivity index (χ2n) is 5.56. The number of para-hydroxylation sites is 1. The molecule has 2 N–H and O–H groups in total. The molecule has 0 radical (unpaired) electrons. The lowest BCUT2D eigenvalue weighted by Crippen LogP contribution is -2.53. The first kappa shape index (κ1) is 16.2. The van der Waals surface area contributed by atoms with E-state index in [1.54, 1.807) is 13.8 Å². The molecule has 0 saturated carbocycles. The van der Waals surface area contributed by atoms with E-state index in [-0.39, 0.29) is 31.2 Å². The average molecular weight is 331 g/mol. The van der Waals surface area contributed by atoms with Crippen LogP contribution in [0, 0.1) is 0 Å². The fourth-order valence-electron chi connectivity index (χ4n) is 3.24. The SMILES string of the molecule is CCOC(=O)NN(C(=O)OCC)[C@@H]1C=C[C@H]2Nc3ccccc3[C@@H]12. The van der Waals surface area contributed by atoms with Gasteiger partial charge in [0.25, 0.3) is 0 Å². The van der Waals surface area contributed by atoms with Crippen molar-refractivity contribution in [3.05, 3.63) is 42.0 Å². The molecule has 0 bridgehead atoms. The van der Waals surface area contributed by atoms with Gasteiger partial charge in [0.15, 0.2) is 0 Å². The van der Waals surface area contributed by atoms with Crippen LogP contribution in [0.4, 0.5) is 15.3 Å². The van der Waals surface area contributed by atoms with E-state index in [1.807, 2.05) is 36.4 Å². The standard InChI is InChI=1S/C17H21N3O4/c1-3-23-16(21)19-20(17(22)24-4-2)14-10-9-13-15(14)11-7-5-6-8-12(11)18-13/h5-10,13-15,18H,3-4H2,1-2H3,(H,19,21)/t13-,14-,15-/m1/s1. The minimum Gasteiger partial charge on any atom is -0.449 e. The fraction of sp³-hybridized carbons (Fsp3) is 0.412. The molecule has 0 saturated heterocycles. The van der Waals surface area contributed by atoms with E-state index in [0.29, 0.717) is 0 Å². The van der Waals surface area contributed by atoms with Gasteiger partial charge in [0.2, 0.25) is 0 Å². The Bertz CT molecular complexity index is 661. The van der Waals surface area contributed by atoms with Gasteiger partial charge in [0, 0.05) is 11.6 Å². The molecule has 7 nitrogen and oxygen atoms in total. The summed E-state index contributed by atoms with van der Waals surface area (Å²) in [6.45, 7) is 3.87. The first-order valence-corrected chi connectivity index (χ1v) is 8.08. The number of carbonyl (C=O) groups excluding carboxylic acids is 2. The Hall–Kier alpha value is -2.70. The number of fused-ring (bicyclic) bond motifs is 3. The van der Waals surface area contributed by atoms with Gasteiger partial charge in [-0.3, -0.25) is 0 Å². The van der Waals surface area contributed by atoms with Gasteiger partial charge in [-0.25, -0.2) is 20.0 Å². The lowest BCUT2D eigenvalue weighted by molar-refractivity contribution is 0.0601. The van der Waals surface area contributed by atoms with E-state index < -0.39 is 12.2 Å². The molecule has 3 atom stereocenters. The first-order valence-electron chi connectivity index (χ1n) is 8.08. The van der Waals surface area contributed by atoms with E-state index in [0.717, 1.165) is 11.3 Å². The predicted octanol–water partition coefficient (Wildman–Crippen LogP) is 2.62. The molecule has 1 aromatic rings. The zero-order valence-electron chi connectivity index (χ0n) is 13.7. The second kappa shape index (κ2) is 6.82. The number of amides is 2. The number of carbonyl (C=O) groups is 2. The molecule has 128 valence electrons. The Morgan fingerprint density at radius 2 is 1.92 bits per heavy atom. The number of hydrazine groups is 1. The smallest absolute Gasteiger partial charge is 0.429 e. The van der Waals surface area contributed by atoms with Crippen molar-refractivity contribution < 1.29 is 19.1 Å². The van der Waals surface area contributed by atoms with Crippen molar-refractivity contribution in [3.63, 3.8) is 0 Å². The molecular weight excluding hydrogens is 310 g/mol. The number of hydrogen-bond acceptors (Lipinski definition) is 5. The van der Waals surface area contributed by atoms with Gasteiger partial charge in [-0.2, -0.15) is 0 Å². The lowest BCUT2D eigenvalue weighted by Gasteiger charge is -2.31. The maximum absolute atomic E-state index is 12.3. The molecule has 2 amide bonds. The summed E-state index contributed by atoms with van der Waals surface area (Å²) in [5.74, 6) is 0.00697. The topological polar surface area (TPSA) is 79.9 Å². The molecule has 0 fully saturated rings. The highest BCUT2D eigenvalue weighted by Crippen LogP contribution is 2.43. The van der Waals surface area contributed by atoms with Crippen LogP contribution in [0.15, 0.2) is 36.4 Å². The number of rotatable bonds is 3.